The highest BCUT2D eigenvalue weighted by molar-refractivity contribution is 7.90. The lowest BCUT2D eigenvalue weighted by Crippen LogP contribution is -2.15. The van der Waals surface area contributed by atoms with Crippen LogP contribution in [-0.2, 0) is 14.6 Å². The van der Waals surface area contributed by atoms with Gasteiger partial charge in [-0.2, -0.15) is 5.10 Å². The highest BCUT2D eigenvalue weighted by Crippen LogP contribution is 2.29. The number of aromatic nitrogens is 2. The van der Waals surface area contributed by atoms with Crippen LogP contribution in [0.4, 0.5) is 5.69 Å². The lowest BCUT2D eigenvalue weighted by molar-refractivity contribution is 0.103. The van der Waals surface area contributed by atoms with Gasteiger partial charge in [0.1, 0.15) is 5.69 Å². The highest BCUT2D eigenvalue weighted by Gasteiger charge is 2.21. The third-order valence-corrected chi connectivity index (χ3v) is 4.56. The van der Waals surface area contributed by atoms with Gasteiger partial charge in [-0.25, -0.2) is 8.42 Å². The van der Waals surface area contributed by atoms with Gasteiger partial charge in [-0.3, -0.25) is 9.89 Å². The van der Waals surface area contributed by atoms with Gasteiger partial charge in [-0.05, 0) is 30.7 Å². The Hall–Kier alpha value is -2.19. The van der Waals surface area contributed by atoms with Crippen molar-refractivity contribution < 1.29 is 17.9 Å². The van der Waals surface area contributed by atoms with Crippen molar-refractivity contribution in [2.45, 2.75) is 11.8 Å². The highest BCUT2D eigenvalue weighted by atomic mass is 32.2. The van der Waals surface area contributed by atoms with E-state index in [0.29, 0.717) is 35.7 Å². The van der Waals surface area contributed by atoms with Crippen LogP contribution < -0.4 is 5.32 Å². The standard InChI is InChI=1S/C15H19N3O4S/c1-10-11(15(19)12-6-7-17-18-12)4-5-13(23(3,20)21)14(10)16-8-9-22-2/h4-7,16H,8-9H2,1-3H3,(H,17,18). The molecule has 0 amide bonds. The van der Waals surface area contributed by atoms with E-state index in [2.05, 4.69) is 15.5 Å². The van der Waals surface area contributed by atoms with E-state index in [0.717, 1.165) is 6.26 Å². The van der Waals surface area contributed by atoms with Gasteiger partial charge in [0.05, 0.1) is 17.2 Å². The minimum atomic E-state index is -3.42. The van der Waals surface area contributed by atoms with E-state index in [4.69, 9.17) is 4.74 Å². The number of hydrogen-bond acceptors (Lipinski definition) is 6. The maximum Gasteiger partial charge on any atom is 0.211 e. The zero-order valence-corrected chi connectivity index (χ0v) is 14.0. The predicted molar refractivity (Wildman–Crippen MR) is 86.7 cm³/mol. The number of rotatable bonds is 7. The third-order valence-electron chi connectivity index (χ3n) is 3.42. The second-order valence-electron chi connectivity index (χ2n) is 5.10. The first-order valence-corrected chi connectivity index (χ1v) is 8.86. The molecule has 2 rings (SSSR count). The fourth-order valence-electron chi connectivity index (χ4n) is 2.27. The molecule has 0 atom stereocenters. The summed E-state index contributed by atoms with van der Waals surface area (Å²) in [7, 11) is -1.86. The summed E-state index contributed by atoms with van der Waals surface area (Å²) in [6.07, 6.45) is 2.63. The number of aromatic amines is 1. The molecule has 1 aromatic carbocycles. The van der Waals surface area contributed by atoms with Crippen LogP contribution in [0.3, 0.4) is 0 Å². The normalized spacial score (nSPS) is 11.4. The molecule has 124 valence electrons. The predicted octanol–water partition coefficient (Wildman–Crippen LogP) is 1.41. The quantitative estimate of drug-likeness (QED) is 0.585. The number of nitrogens with zero attached hydrogens (tertiary/aromatic N) is 1. The van der Waals surface area contributed by atoms with E-state index in [-0.39, 0.29) is 10.7 Å². The third kappa shape index (κ3) is 3.77. The average molecular weight is 337 g/mol. The minimum Gasteiger partial charge on any atom is -0.383 e. The summed E-state index contributed by atoms with van der Waals surface area (Å²) < 4.78 is 28.9. The molecule has 2 aromatic rings. The van der Waals surface area contributed by atoms with Crippen LogP contribution in [0.15, 0.2) is 29.3 Å². The van der Waals surface area contributed by atoms with Crippen molar-refractivity contribution in [3.63, 3.8) is 0 Å². The summed E-state index contributed by atoms with van der Waals surface area (Å²) in [6.45, 7) is 2.57. The summed E-state index contributed by atoms with van der Waals surface area (Å²) in [5, 5.41) is 9.43. The molecule has 8 heteroatoms. The molecule has 0 bridgehead atoms. The summed E-state index contributed by atoms with van der Waals surface area (Å²) in [6, 6.07) is 4.54. The number of methoxy groups -OCH3 is 1. The minimum absolute atomic E-state index is 0.160. The van der Waals surface area contributed by atoms with Gasteiger partial charge in [-0.15, -0.1) is 0 Å². The Morgan fingerprint density at radius 2 is 2.09 bits per heavy atom. The molecule has 7 nitrogen and oxygen atoms in total. The molecule has 0 radical (unpaired) electrons. The monoisotopic (exact) mass is 337 g/mol. The first-order chi connectivity index (χ1) is 10.9. The number of nitrogens with one attached hydrogen (secondary N) is 2. The fourth-order valence-corrected chi connectivity index (χ4v) is 3.18. The molecule has 0 aliphatic rings. The first kappa shape index (κ1) is 17.2. The molecule has 0 spiro atoms. The van der Waals surface area contributed by atoms with Gasteiger partial charge >= 0.3 is 0 Å². The topological polar surface area (TPSA) is 101 Å². The van der Waals surface area contributed by atoms with Crippen molar-refractivity contribution in [2.24, 2.45) is 0 Å². The van der Waals surface area contributed by atoms with E-state index in [1.54, 1.807) is 20.1 Å². The van der Waals surface area contributed by atoms with E-state index in [1.165, 1.54) is 18.3 Å². The van der Waals surface area contributed by atoms with Crippen molar-refractivity contribution in [1.82, 2.24) is 10.2 Å². The number of carbonyl (C=O) groups is 1. The number of H-pyrrole nitrogens is 1. The molecule has 1 heterocycles. The van der Waals surface area contributed by atoms with Crippen molar-refractivity contribution in [2.75, 3.05) is 31.8 Å². The SMILES string of the molecule is COCCNc1c(S(C)(=O)=O)ccc(C(=O)c2ccn[nH]2)c1C. The number of ketones is 1. The largest absolute Gasteiger partial charge is 0.383 e. The number of hydrogen-bond donors (Lipinski definition) is 2. The van der Waals surface area contributed by atoms with Crippen LogP contribution in [0.25, 0.3) is 0 Å². The van der Waals surface area contributed by atoms with Gasteiger partial charge < -0.3 is 10.1 Å². The maximum atomic E-state index is 12.5. The summed E-state index contributed by atoms with van der Waals surface area (Å²) in [5.74, 6) is -0.241. The molecule has 1 aromatic heterocycles. The average Bonchev–Trinajstić information content (AvgIpc) is 3.01. The zero-order valence-electron chi connectivity index (χ0n) is 13.2. The van der Waals surface area contributed by atoms with Crippen LogP contribution in [0.2, 0.25) is 0 Å². The molecule has 0 fully saturated rings. The zero-order chi connectivity index (χ0) is 17.0. The Balaban J connectivity index is 2.50. The Bertz CT molecular complexity index is 798. The molecule has 0 unspecified atom stereocenters. The Morgan fingerprint density at radius 3 is 2.65 bits per heavy atom. The van der Waals surface area contributed by atoms with Crippen molar-refractivity contribution in [1.29, 1.82) is 0 Å². The van der Waals surface area contributed by atoms with Crippen LogP contribution >= 0.6 is 0 Å². The van der Waals surface area contributed by atoms with Crippen molar-refractivity contribution in [3.05, 3.63) is 41.2 Å². The summed E-state index contributed by atoms with van der Waals surface area (Å²) in [4.78, 5) is 12.7. The van der Waals surface area contributed by atoms with Gasteiger partial charge in [0.15, 0.2) is 9.84 Å². The summed E-state index contributed by atoms with van der Waals surface area (Å²) >= 11 is 0. The molecular weight excluding hydrogens is 318 g/mol. The van der Waals surface area contributed by atoms with Crippen LogP contribution in [-0.4, -0.2) is 50.9 Å². The number of ether oxygens (including phenoxy) is 1. The maximum absolute atomic E-state index is 12.5. The number of sulfone groups is 1. The lowest BCUT2D eigenvalue weighted by Gasteiger charge is -2.16. The van der Waals surface area contributed by atoms with E-state index in [1.807, 2.05) is 0 Å². The molecular formula is C15H19N3O4S. The van der Waals surface area contributed by atoms with E-state index in [9.17, 15) is 13.2 Å². The van der Waals surface area contributed by atoms with E-state index >= 15 is 0 Å². The second-order valence-corrected chi connectivity index (χ2v) is 7.09. The molecule has 0 aliphatic heterocycles. The molecule has 0 saturated heterocycles. The lowest BCUT2D eigenvalue weighted by atomic mass is 10.0. The Morgan fingerprint density at radius 1 is 1.35 bits per heavy atom. The molecule has 2 N–H and O–H groups in total. The number of anilines is 1. The van der Waals surface area contributed by atoms with E-state index < -0.39 is 9.84 Å². The first-order valence-electron chi connectivity index (χ1n) is 6.96. The number of carbonyl (C=O) groups excluding carboxylic acids is 1. The molecule has 23 heavy (non-hydrogen) atoms. The van der Waals surface area contributed by atoms with Gasteiger partial charge in [-0.1, -0.05) is 0 Å². The van der Waals surface area contributed by atoms with Crippen LogP contribution in [0.5, 0.6) is 0 Å². The Kier molecular flexibility index (Phi) is 5.17. The van der Waals surface area contributed by atoms with Crippen LogP contribution in [0.1, 0.15) is 21.6 Å². The number of benzene rings is 1. The smallest absolute Gasteiger partial charge is 0.211 e. The van der Waals surface area contributed by atoms with Crippen molar-refractivity contribution in [3.8, 4) is 0 Å². The van der Waals surface area contributed by atoms with Gasteiger partial charge in [0.25, 0.3) is 0 Å². The molecule has 0 saturated carbocycles. The van der Waals surface area contributed by atoms with Gasteiger partial charge in [0, 0.05) is 31.7 Å². The van der Waals surface area contributed by atoms with Crippen LogP contribution in [0, 0.1) is 6.92 Å². The summed E-state index contributed by atoms with van der Waals surface area (Å²) in [5.41, 5.74) is 1.77. The second kappa shape index (κ2) is 6.93. The fraction of sp³-hybridized carbons (Fsp3) is 0.333. The van der Waals surface area contributed by atoms with Crippen molar-refractivity contribution >= 4 is 21.3 Å². The van der Waals surface area contributed by atoms with Gasteiger partial charge in [0.2, 0.25) is 5.78 Å². The Labute approximate surface area is 135 Å². The molecule has 0 aliphatic carbocycles.